The maximum atomic E-state index is 13.6. The van der Waals surface area contributed by atoms with Crippen molar-refractivity contribution in [3.63, 3.8) is 0 Å². The largest absolute Gasteiger partial charge is 0.275 e. The van der Waals surface area contributed by atoms with Gasteiger partial charge in [-0.2, -0.15) is 0 Å². The summed E-state index contributed by atoms with van der Waals surface area (Å²) >= 11 is 0. The molecule has 0 aromatic heterocycles. The third-order valence-electron chi connectivity index (χ3n) is 2.60. The van der Waals surface area contributed by atoms with E-state index in [1.54, 1.807) is 38.1 Å². The second-order valence-corrected chi connectivity index (χ2v) is 4.22. The summed E-state index contributed by atoms with van der Waals surface area (Å²) in [7, 11) is 0. The van der Waals surface area contributed by atoms with Gasteiger partial charge in [-0.05, 0) is 12.0 Å². The zero-order valence-corrected chi connectivity index (χ0v) is 9.56. The molecule has 0 unspecified atom stereocenters. The Morgan fingerprint density at radius 1 is 1.13 bits per heavy atom. The monoisotopic (exact) mass is 212 g/mol. The summed E-state index contributed by atoms with van der Waals surface area (Å²) in [6.45, 7) is 5.16. The molecule has 84 valence electrons. The summed E-state index contributed by atoms with van der Waals surface area (Å²) in [4.78, 5) is 0. The van der Waals surface area contributed by atoms with Crippen LogP contribution in [0.15, 0.2) is 24.3 Å². The molecular formula is C13H18F2. The van der Waals surface area contributed by atoms with Gasteiger partial charge in [-0.15, -0.1) is 0 Å². The third kappa shape index (κ3) is 2.77. The SMILES string of the molecule is CCCc1ccc(C(F)(F)C(C)C)cc1. The van der Waals surface area contributed by atoms with Crippen LogP contribution in [0.1, 0.15) is 38.3 Å². The smallest absolute Gasteiger partial charge is 0.201 e. The highest BCUT2D eigenvalue weighted by Crippen LogP contribution is 2.35. The standard InChI is InChI=1S/C13H18F2/c1-4-5-11-6-8-12(9-7-11)13(14,15)10(2)3/h6-10H,4-5H2,1-3H3. The van der Waals surface area contributed by atoms with Crippen molar-refractivity contribution in [2.45, 2.75) is 39.5 Å². The summed E-state index contributed by atoms with van der Waals surface area (Å²) in [5.41, 5.74) is 1.25. The Balaban J connectivity index is 2.88. The molecule has 0 atom stereocenters. The molecule has 0 nitrogen and oxygen atoms in total. The number of benzene rings is 1. The first-order valence-electron chi connectivity index (χ1n) is 5.45. The van der Waals surface area contributed by atoms with Crippen LogP contribution in [0.2, 0.25) is 0 Å². The molecular weight excluding hydrogens is 194 g/mol. The lowest BCUT2D eigenvalue weighted by molar-refractivity contribution is -0.0513. The molecule has 1 rings (SSSR count). The number of rotatable bonds is 4. The molecule has 0 bridgehead atoms. The van der Waals surface area contributed by atoms with Crippen LogP contribution in [0.4, 0.5) is 8.78 Å². The number of hydrogen-bond donors (Lipinski definition) is 0. The van der Waals surface area contributed by atoms with Crippen LogP contribution in [0.25, 0.3) is 0 Å². The number of alkyl halides is 2. The quantitative estimate of drug-likeness (QED) is 0.694. The molecule has 15 heavy (non-hydrogen) atoms. The second kappa shape index (κ2) is 4.73. The van der Waals surface area contributed by atoms with Gasteiger partial charge in [0.1, 0.15) is 0 Å². The van der Waals surface area contributed by atoms with Gasteiger partial charge >= 0.3 is 0 Å². The van der Waals surface area contributed by atoms with Gasteiger partial charge in [-0.25, -0.2) is 8.78 Å². The van der Waals surface area contributed by atoms with Gasteiger partial charge < -0.3 is 0 Å². The van der Waals surface area contributed by atoms with Crippen molar-refractivity contribution in [2.75, 3.05) is 0 Å². The normalized spacial score (nSPS) is 12.1. The first-order valence-corrected chi connectivity index (χ1v) is 5.45. The van der Waals surface area contributed by atoms with E-state index in [0.29, 0.717) is 0 Å². The molecule has 0 N–H and O–H groups in total. The Kier molecular flexibility index (Phi) is 3.83. The highest BCUT2D eigenvalue weighted by molar-refractivity contribution is 5.26. The van der Waals surface area contributed by atoms with Gasteiger partial charge in [0.05, 0.1) is 0 Å². The molecule has 0 amide bonds. The highest BCUT2D eigenvalue weighted by Gasteiger charge is 2.35. The Bertz CT molecular complexity index is 299. The van der Waals surface area contributed by atoms with Crippen molar-refractivity contribution in [3.8, 4) is 0 Å². The van der Waals surface area contributed by atoms with Gasteiger partial charge in [0.2, 0.25) is 0 Å². The van der Waals surface area contributed by atoms with Crippen molar-refractivity contribution in [2.24, 2.45) is 5.92 Å². The van der Waals surface area contributed by atoms with Gasteiger partial charge in [-0.1, -0.05) is 51.5 Å². The fourth-order valence-electron chi connectivity index (χ4n) is 1.52. The average molecular weight is 212 g/mol. The van der Waals surface area contributed by atoms with Crippen LogP contribution in [0, 0.1) is 5.92 Å². The molecule has 0 radical (unpaired) electrons. The number of halogens is 2. The Morgan fingerprint density at radius 2 is 1.67 bits per heavy atom. The van der Waals surface area contributed by atoms with Crippen LogP contribution in [0.5, 0.6) is 0 Å². The lowest BCUT2D eigenvalue weighted by Crippen LogP contribution is -2.20. The summed E-state index contributed by atoms with van der Waals surface area (Å²) in [6.07, 6.45) is 1.99. The maximum Gasteiger partial charge on any atom is 0.275 e. The minimum Gasteiger partial charge on any atom is -0.201 e. The minimum absolute atomic E-state index is 0.123. The predicted molar refractivity (Wildman–Crippen MR) is 59.2 cm³/mol. The molecule has 0 spiro atoms. The summed E-state index contributed by atoms with van der Waals surface area (Å²) in [5, 5.41) is 0. The fraction of sp³-hybridized carbons (Fsp3) is 0.538. The van der Waals surface area contributed by atoms with Crippen molar-refractivity contribution in [1.82, 2.24) is 0 Å². The Hall–Kier alpha value is -0.920. The molecule has 0 saturated heterocycles. The van der Waals surface area contributed by atoms with E-state index in [1.165, 1.54) is 0 Å². The minimum atomic E-state index is -2.72. The van der Waals surface area contributed by atoms with E-state index >= 15 is 0 Å². The van der Waals surface area contributed by atoms with E-state index < -0.39 is 11.8 Å². The van der Waals surface area contributed by atoms with Crippen LogP contribution in [0.3, 0.4) is 0 Å². The molecule has 1 aromatic rings. The van der Waals surface area contributed by atoms with Gasteiger partial charge in [0.15, 0.2) is 0 Å². The lowest BCUT2D eigenvalue weighted by atomic mass is 9.96. The van der Waals surface area contributed by atoms with Gasteiger partial charge in [0.25, 0.3) is 5.92 Å². The second-order valence-electron chi connectivity index (χ2n) is 4.22. The van der Waals surface area contributed by atoms with Crippen LogP contribution in [-0.2, 0) is 12.3 Å². The number of hydrogen-bond acceptors (Lipinski definition) is 0. The molecule has 0 aliphatic carbocycles. The van der Waals surface area contributed by atoms with Crippen molar-refractivity contribution >= 4 is 0 Å². The van der Waals surface area contributed by atoms with Gasteiger partial charge in [0, 0.05) is 11.5 Å². The highest BCUT2D eigenvalue weighted by atomic mass is 19.3. The zero-order chi connectivity index (χ0) is 11.5. The van der Waals surface area contributed by atoms with Crippen LogP contribution < -0.4 is 0 Å². The Morgan fingerprint density at radius 3 is 2.07 bits per heavy atom. The van der Waals surface area contributed by atoms with E-state index in [0.717, 1.165) is 18.4 Å². The topological polar surface area (TPSA) is 0 Å². The molecule has 0 saturated carbocycles. The van der Waals surface area contributed by atoms with E-state index in [9.17, 15) is 8.78 Å². The summed E-state index contributed by atoms with van der Waals surface area (Å²) in [5.74, 6) is -3.38. The van der Waals surface area contributed by atoms with E-state index in [1.807, 2.05) is 0 Å². The molecule has 0 fully saturated rings. The molecule has 0 heterocycles. The predicted octanol–water partition coefficient (Wildman–Crippen LogP) is 4.39. The van der Waals surface area contributed by atoms with Crippen LogP contribution in [-0.4, -0.2) is 0 Å². The first-order chi connectivity index (χ1) is 6.98. The van der Waals surface area contributed by atoms with E-state index in [-0.39, 0.29) is 5.56 Å². The van der Waals surface area contributed by atoms with Crippen molar-refractivity contribution < 1.29 is 8.78 Å². The fourth-order valence-corrected chi connectivity index (χ4v) is 1.52. The van der Waals surface area contributed by atoms with E-state index in [4.69, 9.17) is 0 Å². The molecule has 0 aliphatic heterocycles. The average Bonchev–Trinajstić information content (AvgIpc) is 2.19. The van der Waals surface area contributed by atoms with Gasteiger partial charge in [-0.3, -0.25) is 0 Å². The third-order valence-corrected chi connectivity index (χ3v) is 2.60. The molecule has 1 aromatic carbocycles. The van der Waals surface area contributed by atoms with E-state index in [2.05, 4.69) is 6.92 Å². The zero-order valence-electron chi connectivity index (χ0n) is 9.56. The summed E-state index contributed by atoms with van der Waals surface area (Å²) in [6, 6.07) is 6.69. The summed E-state index contributed by atoms with van der Waals surface area (Å²) < 4.78 is 27.2. The van der Waals surface area contributed by atoms with Crippen LogP contribution >= 0.6 is 0 Å². The lowest BCUT2D eigenvalue weighted by Gasteiger charge is -2.20. The van der Waals surface area contributed by atoms with Crippen molar-refractivity contribution in [1.29, 1.82) is 0 Å². The van der Waals surface area contributed by atoms with Crippen molar-refractivity contribution in [3.05, 3.63) is 35.4 Å². The molecule has 0 aliphatic rings. The molecule has 2 heteroatoms. The Labute approximate surface area is 90.3 Å². The number of aryl methyl sites for hydroxylation is 1. The maximum absolute atomic E-state index is 13.6. The first kappa shape index (κ1) is 12.2.